The van der Waals surface area contributed by atoms with E-state index in [4.69, 9.17) is 4.74 Å². The highest BCUT2D eigenvalue weighted by atomic mass is 16.5. The van der Waals surface area contributed by atoms with Crippen LogP contribution in [0.5, 0.6) is 0 Å². The molecule has 2 nitrogen and oxygen atoms in total. The maximum absolute atomic E-state index is 5.55. The van der Waals surface area contributed by atoms with Crippen LogP contribution in [0.3, 0.4) is 0 Å². The van der Waals surface area contributed by atoms with Crippen LogP contribution in [0.4, 0.5) is 0 Å². The lowest BCUT2D eigenvalue weighted by Crippen LogP contribution is -2.50. The molecule has 1 heterocycles. The lowest BCUT2D eigenvalue weighted by atomic mass is 10.1. The molecule has 0 spiro atoms. The Balaban J connectivity index is 2.55. The lowest BCUT2D eigenvalue weighted by Gasteiger charge is -2.41. The Kier molecular flexibility index (Phi) is 2.90. The van der Waals surface area contributed by atoms with Crippen LogP contribution in [0.15, 0.2) is 0 Å². The first kappa shape index (κ1) is 9.01. The smallest absolute Gasteiger partial charge is 0.108 e. The van der Waals surface area contributed by atoms with Gasteiger partial charge in [-0.2, -0.15) is 0 Å². The quantitative estimate of drug-likeness (QED) is 0.576. The highest BCUT2D eigenvalue weighted by Gasteiger charge is 2.26. The standard InChI is InChI=1S/C9H19NO/c1-7(2)10-8(3)5-6-11-9(10)4/h7-9H,5-6H2,1-4H3/t8-,9?/m0/s1. The zero-order valence-corrected chi connectivity index (χ0v) is 8.00. The molecule has 2 heteroatoms. The summed E-state index contributed by atoms with van der Waals surface area (Å²) in [6, 6.07) is 1.28. The van der Waals surface area contributed by atoms with E-state index in [1.165, 1.54) is 6.42 Å². The molecule has 66 valence electrons. The molecule has 0 aliphatic carbocycles. The van der Waals surface area contributed by atoms with Gasteiger partial charge in [-0.15, -0.1) is 0 Å². The van der Waals surface area contributed by atoms with Gasteiger partial charge < -0.3 is 4.74 Å². The molecule has 1 fully saturated rings. The van der Waals surface area contributed by atoms with Crippen molar-refractivity contribution in [2.45, 2.75) is 52.4 Å². The molecule has 1 aliphatic rings. The molecule has 11 heavy (non-hydrogen) atoms. The molecule has 0 N–H and O–H groups in total. The van der Waals surface area contributed by atoms with E-state index >= 15 is 0 Å². The molecule has 2 atom stereocenters. The molecule has 0 aromatic carbocycles. The van der Waals surface area contributed by atoms with Crippen molar-refractivity contribution in [3.8, 4) is 0 Å². The lowest BCUT2D eigenvalue weighted by molar-refractivity contribution is -0.121. The number of hydrogen-bond donors (Lipinski definition) is 0. The van der Waals surface area contributed by atoms with Gasteiger partial charge >= 0.3 is 0 Å². The largest absolute Gasteiger partial charge is 0.363 e. The summed E-state index contributed by atoms with van der Waals surface area (Å²) in [6.07, 6.45) is 1.47. The van der Waals surface area contributed by atoms with E-state index < -0.39 is 0 Å². The Morgan fingerprint density at radius 2 is 2.00 bits per heavy atom. The third-order valence-electron chi connectivity index (χ3n) is 2.42. The third kappa shape index (κ3) is 1.94. The second-order valence-electron chi connectivity index (χ2n) is 3.65. The summed E-state index contributed by atoms with van der Waals surface area (Å²) in [6.45, 7) is 9.78. The van der Waals surface area contributed by atoms with Gasteiger partial charge in [0.2, 0.25) is 0 Å². The molecule has 0 radical (unpaired) electrons. The number of rotatable bonds is 1. The minimum absolute atomic E-state index is 0.304. The molecule has 1 unspecified atom stereocenters. The van der Waals surface area contributed by atoms with Gasteiger partial charge in [0.1, 0.15) is 6.23 Å². The highest BCUT2D eigenvalue weighted by Crippen LogP contribution is 2.19. The summed E-state index contributed by atoms with van der Waals surface area (Å²) in [5.74, 6) is 0. The Bertz CT molecular complexity index is 115. The van der Waals surface area contributed by atoms with Crippen molar-refractivity contribution in [1.29, 1.82) is 0 Å². The van der Waals surface area contributed by atoms with Crippen LogP contribution < -0.4 is 0 Å². The first-order valence-corrected chi connectivity index (χ1v) is 4.52. The van der Waals surface area contributed by atoms with Gasteiger partial charge in [-0.05, 0) is 34.1 Å². The van der Waals surface area contributed by atoms with Crippen molar-refractivity contribution in [3.63, 3.8) is 0 Å². The molecule has 1 rings (SSSR count). The summed E-state index contributed by atoms with van der Waals surface area (Å²) >= 11 is 0. The Morgan fingerprint density at radius 1 is 1.36 bits per heavy atom. The van der Waals surface area contributed by atoms with E-state index in [1.807, 2.05) is 0 Å². The Hall–Kier alpha value is -0.0800. The van der Waals surface area contributed by atoms with Crippen LogP contribution in [0, 0.1) is 0 Å². The topological polar surface area (TPSA) is 12.5 Å². The summed E-state index contributed by atoms with van der Waals surface area (Å²) in [5.41, 5.74) is 0. The van der Waals surface area contributed by atoms with Crippen LogP contribution in [0.2, 0.25) is 0 Å². The monoisotopic (exact) mass is 157 g/mol. The average molecular weight is 157 g/mol. The van der Waals surface area contributed by atoms with Crippen molar-refractivity contribution in [2.75, 3.05) is 6.61 Å². The Morgan fingerprint density at radius 3 is 2.36 bits per heavy atom. The van der Waals surface area contributed by atoms with Gasteiger partial charge in [0.15, 0.2) is 0 Å². The minimum Gasteiger partial charge on any atom is -0.363 e. The molecule has 0 aromatic heterocycles. The number of hydrogen-bond acceptors (Lipinski definition) is 2. The van der Waals surface area contributed by atoms with Crippen LogP contribution in [-0.4, -0.2) is 29.8 Å². The summed E-state index contributed by atoms with van der Waals surface area (Å²) in [5, 5.41) is 0. The first-order valence-electron chi connectivity index (χ1n) is 4.52. The SMILES string of the molecule is CC(C)N1C(C)OCC[C@@H]1C. The maximum Gasteiger partial charge on any atom is 0.108 e. The third-order valence-corrected chi connectivity index (χ3v) is 2.42. The van der Waals surface area contributed by atoms with Crippen LogP contribution in [0.25, 0.3) is 0 Å². The average Bonchev–Trinajstić information content (AvgIpc) is 1.85. The predicted molar refractivity (Wildman–Crippen MR) is 46.5 cm³/mol. The second-order valence-corrected chi connectivity index (χ2v) is 3.65. The van der Waals surface area contributed by atoms with Crippen molar-refractivity contribution >= 4 is 0 Å². The maximum atomic E-state index is 5.55. The van der Waals surface area contributed by atoms with Crippen molar-refractivity contribution < 1.29 is 4.74 Å². The first-order chi connectivity index (χ1) is 5.13. The molecule has 0 amide bonds. The molecule has 1 aliphatic heterocycles. The second kappa shape index (κ2) is 3.55. The molecule has 0 bridgehead atoms. The van der Waals surface area contributed by atoms with E-state index in [0.29, 0.717) is 18.3 Å². The van der Waals surface area contributed by atoms with E-state index in [0.717, 1.165) is 6.61 Å². The van der Waals surface area contributed by atoms with Crippen LogP contribution in [0.1, 0.15) is 34.1 Å². The zero-order chi connectivity index (χ0) is 8.43. The van der Waals surface area contributed by atoms with E-state index in [2.05, 4.69) is 32.6 Å². The Labute approximate surface area is 69.5 Å². The minimum atomic E-state index is 0.304. The van der Waals surface area contributed by atoms with Crippen LogP contribution in [-0.2, 0) is 4.74 Å². The fraction of sp³-hybridized carbons (Fsp3) is 1.00. The molecular formula is C9H19NO. The van der Waals surface area contributed by atoms with Gasteiger partial charge in [-0.3, -0.25) is 4.90 Å². The molecule has 0 aromatic rings. The van der Waals surface area contributed by atoms with Gasteiger partial charge in [-0.1, -0.05) is 0 Å². The van der Waals surface area contributed by atoms with Crippen molar-refractivity contribution in [3.05, 3.63) is 0 Å². The van der Waals surface area contributed by atoms with Gasteiger partial charge in [0, 0.05) is 12.1 Å². The van der Waals surface area contributed by atoms with Crippen molar-refractivity contribution in [1.82, 2.24) is 4.90 Å². The normalized spacial score (nSPS) is 34.6. The fourth-order valence-electron chi connectivity index (χ4n) is 1.93. The fourth-order valence-corrected chi connectivity index (χ4v) is 1.93. The summed E-state index contributed by atoms with van der Waals surface area (Å²) in [4.78, 5) is 2.42. The van der Waals surface area contributed by atoms with E-state index in [1.54, 1.807) is 0 Å². The van der Waals surface area contributed by atoms with Crippen molar-refractivity contribution in [2.24, 2.45) is 0 Å². The van der Waals surface area contributed by atoms with E-state index in [-0.39, 0.29) is 0 Å². The van der Waals surface area contributed by atoms with Gasteiger partial charge in [0.05, 0.1) is 6.61 Å². The molecule has 1 saturated heterocycles. The summed E-state index contributed by atoms with van der Waals surface area (Å²) < 4.78 is 5.55. The van der Waals surface area contributed by atoms with Gasteiger partial charge in [-0.25, -0.2) is 0 Å². The zero-order valence-electron chi connectivity index (χ0n) is 8.00. The van der Waals surface area contributed by atoms with E-state index in [9.17, 15) is 0 Å². The molecule has 0 saturated carbocycles. The number of ether oxygens (including phenoxy) is 1. The summed E-state index contributed by atoms with van der Waals surface area (Å²) in [7, 11) is 0. The number of nitrogens with zero attached hydrogens (tertiary/aromatic N) is 1. The van der Waals surface area contributed by atoms with Crippen LogP contribution >= 0.6 is 0 Å². The van der Waals surface area contributed by atoms with Gasteiger partial charge in [0.25, 0.3) is 0 Å². The highest BCUT2D eigenvalue weighted by molar-refractivity contribution is 4.75. The molecular weight excluding hydrogens is 138 g/mol. The predicted octanol–water partition coefficient (Wildman–Crippen LogP) is 1.85.